The number of hydrogen-bond acceptors (Lipinski definition) is 5. The van der Waals surface area contributed by atoms with Crippen LogP contribution in [0.2, 0.25) is 0 Å². The second-order valence-corrected chi connectivity index (χ2v) is 9.33. The predicted molar refractivity (Wildman–Crippen MR) is 133 cm³/mol. The molecule has 35 heavy (non-hydrogen) atoms. The monoisotopic (exact) mass is 471 g/mol. The van der Waals surface area contributed by atoms with E-state index in [1.54, 1.807) is 18.4 Å². The molecule has 0 saturated carbocycles. The number of imide groups is 1. The van der Waals surface area contributed by atoms with Gasteiger partial charge < -0.3 is 9.73 Å². The van der Waals surface area contributed by atoms with E-state index in [4.69, 9.17) is 4.42 Å². The van der Waals surface area contributed by atoms with Gasteiger partial charge in [-0.3, -0.25) is 19.3 Å². The zero-order chi connectivity index (χ0) is 24.5. The number of aryl methyl sites for hydroxylation is 2. The van der Waals surface area contributed by atoms with Crippen LogP contribution in [0.4, 0.5) is 5.69 Å². The van der Waals surface area contributed by atoms with E-state index in [2.05, 4.69) is 10.2 Å². The Bertz CT molecular complexity index is 1280. The molecule has 0 radical (unpaired) electrons. The molecule has 2 aromatic carbocycles. The van der Waals surface area contributed by atoms with Gasteiger partial charge in [0.05, 0.1) is 29.1 Å². The van der Waals surface area contributed by atoms with E-state index < -0.39 is 5.91 Å². The van der Waals surface area contributed by atoms with E-state index in [0.29, 0.717) is 23.4 Å². The molecule has 3 aromatic rings. The van der Waals surface area contributed by atoms with E-state index >= 15 is 0 Å². The van der Waals surface area contributed by atoms with Gasteiger partial charge in [0, 0.05) is 12.1 Å². The summed E-state index contributed by atoms with van der Waals surface area (Å²) in [5, 5.41) is 3.01. The molecule has 7 heteroatoms. The number of fused-ring (bicyclic) bond motifs is 1. The summed E-state index contributed by atoms with van der Waals surface area (Å²) in [6.45, 7) is 6.11. The van der Waals surface area contributed by atoms with Crippen molar-refractivity contribution in [3.8, 4) is 0 Å². The van der Waals surface area contributed by atoms with Gasteiger partial charge in [-0.2, -0.15) is 0 Å². The Hall–Kier alpha value is -3.71. The summed E-state index contributed by atoms with van der Waals surface area (Å²) in [5.74, 6) is -0.235. The maximum atomic E-state index is 13.2. The van der Waals surface area contributed by atoms with Gasteiger partial charge in [-0.1, -0.05) is 18.6 Å². The van der Waals surface area contributed by atoms with E-state index in [1.165, 1.54) is 17.4 Å². The first-order valence-corrected chi connectivity index (χ1v) is 12.1. The Kier molecular flexibility index (Phi) is 6.26. The summed E-state index contributed by atoms with van der Waals surface area (Å²) in [7, 11) is 0. The normalized spacial score (nSPS) is 16.9. The van der Waals surface area contributed by atoms with Crippen LogP contribution in [-0.4, -0.2) is 42.3 Å². The summed E-state index contributed by atoms with van der Waals surface area (Å²) >= 11 is 0. The number of rotatable bonds is 6. The van der Waals surface area contributed by atoms with Gasteiger partial charge in [-0.25, -0.2) is 4.90 Å². The van der Waals surface area contributed by atoms with Crippen molar-refractivity contribution in [2.24, 2.45) is 0 Å². The summed E-state index contributed by atoms with van der Waals surface area (Å²) in [4.78, 5) is 42.9. The van der Waals surface area contributed by atoms with E-state index in [9.17, 15) is 14.4 Å². The molecule has 1 atom stereocenters. The van der Waals surface area contributed by atoms with Gasteiger partial charge in [0.15, 0.2) is 0 Å². The molecule has 0 spiro atoms. The molecule has 2 aliphatic heterocycles. The fourth-order valence-electron chi connectivity index (χ4n) is 4.97. The van der Waals surface area contributed by atoms with Crippen LogP contribution in [0, 0.1) is 13.8 Å². The van der Waals surface area contributed by atoms with E-state index in [1.807, 2.05) is 44.2 Å². The Morgan fingerprint density at radius 2 is 1.74 bits per heavy atom. The minimum absolute atomic E-state index is 0.0494. The van der Waals surface area contributed by atoms with E-state index in [-0.39, 0.29) is 23.4 Å². The average Bonchev–Trinajstić information content (AvgIpc) is 3.48. The number of nitrogens with one attached hydrogen (secondary N) is 1. The number of carbonyl (C=O) groups is 3. The maximum absolute atomic E-state index is 13.2. The molecule has 1 N–H and O–H groups in total. The second-order valence-electron chi connectivity index (χ2n) is 9.33. The lowest BCUT2D eigenvalue weighted by atomic mass is 10.0. The number of carbonyl (C=O) groups excluding carboxylic acids is 3. The molecular formula is C28H29N3O4. The number of likely N-dealkylation sites (tertiary alicyclic amines) is 1. The van der Waals surface area contributed by atoms with Crippen molar-refractivity contribution >= 4 is 23.4 Å². The Morgan fingerprint density at radius 3 is 2.49 bits per heavy atom. The molecule has 2 aliphatic rings. The van der Waals surface area contributed by atoms with Crippen molar-refractivity contribution < 1.29 is 18.8 Å². The number of furan rings is 1. The lowest BCUT2D eigenvalue weighted by Gasteiger charge is -2.33. The van der Waals surface area contributed by atoms with Crippen LogP contribution in [0.3, 0.4) is 0 Å². The van der Waals surface area contributed by atoms with Gasteiger partial charge in [0.25, 0.3) is 17.7 Å². The number of nitrogens with zero attached hydrogens (tertiary/aromatic N) is 2. The van der Waals surface area contributed by atoms with Crippen LogP contribution in [0.15, 0.2) is 59.2 Å². The average molecular weight is 472 g/mol. The van der Waals surface area contributed by atoms with Crippen LogP contribution in [-0.2, 0) is 0 Å². The third kappa shape index (κ3) is 4.39. The number of anilines is 1. The topological polar surface area (TPSA) is 82.9 Å². The molecule has 1 aromatic heterocycles. The zero-order valence-corrected chi connectivity index (χ0v) is 20.0. The van der Waals surface area contributed by atoms with Gasteiger partial charge in [-0.05, 0) is 87.3 Å². The summed E-state index contributed by atoms with van der Waals surface area (Å²) in [6.07, 6.45) is 5.12. The molecule has 0 aliphatic carbocycles. The lowest BCUT2D eigenvalue weighted by molar-refractivity contribution is 0.0909. The van der Waals surface area contributed by atoms with Crippen molar-refractivity contribution in [2.45, 2.75) is 39.2 Å². The Balaban J connectivity index is 1.35. The smallest absolute Gasteiger partial charge is 0.266 e. The molecule has 7 nitrogen and oxygen atoms in total. The Morgan fingerprint density at radius 1 is 0.971 bits per heavy atom. The summed E-state index contributed by atoms with van der Waals surface area (Å²) < 4.78 is 5.66. The molecule has 5 rings (SSSR count). The molecule has 1 saturated heterocycles. The molecule has 180 valence electrons. The zero-order valence-electron chi connectivity index (χ0n) is 20.0. The second kappa shape index (κ2) is 9.50. The highest BCUT2D eigenvalue weighted by Crippen LogP contribution is 2.32. The van der Waals surface area contributed by atoms with Gasteiger partial charge in [0.1, 0.15) is 5.76 Å². The third-order valence-electron chi connectivity index (χ3n) is 6.91. The fraction of sp³-hybridized carbons (Fsp3) is 0.321. The minimum Gasteiger partial charge on any atom is -0.468 e. The van der Waals surface area contributed by atoms with Gasteiger partial charge in [0.2, 0.25) is 0 Å². The SMILES string of the molecule is Cc1ccc(C)c(N2C(=O)c3ccc(C(=O)NCC(c4ccco4)N4CCCCC4)cc3C2=O)c1. The highest BCUT2D eigenvalue weighted by Gasteiger charge is 2.38. The predicted octanol–water partition coefficient (Wildman–Crippen LogP) is 4.65. The Labute approximate surface area is 204 Å². The first-order valence-electron chi connectivity index (χ1n) is 12.1. The highest BCUT2D eigenvalue weighted by molar-refractivity contribution is 6.35. The van der Waals surface area contributed by atoms with Crippen LogP contribution < -0.4 is 10.2 Å². The van der Waals surface area contributed by atoms with Crippen molar-refractivity contribution in [3.05, 3.63) is 88.4 Å². The molecular weight excluding hydrogens is 442 g/mol. The van der Waals surface area contributed by atoms with Gasteiger partial charge in [-0.15, -0.1) is 0 Å². The number of benzene rings is 2. The first-order chi connectivity index (χ1) is 16.9. The number of piperidine rings is 1. The highest BCUT2D eigenvalue weighted by atomic mass is 16.3. The molecule has 1 unspecified atom stereocenters. The molecule has 3 heterocycles. The van der Waals surface area contributed by atoms with Crippen LogP contribution >= 0.6 is 0 Å². The van der Waals surface area contributed by atoms with Crippen LogP contribution in [0.1, 0.15) is 73.3 Å². The first kappa shape index (κ1) is 23.1. The van der Waals surface area contributed by atoms with Crippen molar-refractivity contribution in [2.75, 3.05) is 24.5 Å². The maximum Gasteiger partial charge on any atom is 0.266 e. The van der Waals surface area contributed by atoms with Crippen LogP contribution in [0.25, 0.3) is 0 Å². The van der Waals surface area contributed by atoms with Crippen LogP contribution in [0.5, 0.6) is 0 Å². The minimum atomic E-state index is -0.407. The van der Waals surface area contributed by atoms with Crippen molar-refractivity contribution in [3.63, 3.8) is 0 Å². The largest absolute Gasteiger partial charge is 0.468 e. The lowest BCUT2D eigenvalue weighted by Crippen LogP contribution is -2.40. The number of hydrogen-bond donors (Lipinski definition) is 1. The number of amides is 3. The third-order valence-corrected chi connectivity index (χ3v) is 6.91. The van der Waals surface area contributed by atoms with Crippen molar-refractivity contribution in [1.82, 2.24) is 10.2 Å². The van der Waals surface area contributed by atoms with Crippen molar-refractivity contribution in [1.29, 1.82) is 0 Å². The quantitative estimate of drug-likeness (QED) is 0.529. The van der Waals surface area contributed by atoms with Gasteiger partial charge >= 0.3 is 0 Å². The van der Waals surface area contributed by atoms with E-state index in [0.717, 1.165) is 42.8 Å². The summed E-state index contributed by atoms with van der Waals surface area (Å²) in [5.41, 5.74) is 3.29. The molecule has 0 bridgehead atoms. The summed E-state index contributed by atoms with van der Waals surface area (Å²) in [6, 6.07) is 14.1. The molecule has 1 fully saturated rings. The molecule has 3 amide bonds. The fourth-order valence-corrected chi connectivity index (χ4v) is 4.97. The standard InChI is InChI=1S/C28H29N3O4/c1-18-8-9-19(2)23(15-18)31-27(33)21-11-10-20(16-22(21)28(31)34)26(32)29-17-24(25-7-6-14-35-25)30-12-4-3-5-13-30/h6-11,14-16,24H,3-5,12-13,17H2,1-2H3,(H,29,32).